The van der Waals surface area contributed by atoms with Gasteiger partial charge in [0.05, 0.1) is 0 Å². The first kappa shape index (κ1) is 16.1. The number of carbonyl (C=O) groups excluding carboxylic acids is 1. The Morgan fingerprint density at radius 3 is 2.23 bits per heavy atom. The number of hydrogen-bond donors (Lipinski definition) is 1. The number of ether oxygens (including phenoxy) is 1. The van der Waals surface area contributed by atoms with E-state index in [9.17, 15) is 4.79 Å². The summed E-state index contributed by atoms with van der Waals surface area (Å²) in [5, 5.41) is 3.44. The van der Waals surface area contributed by atoms with Gasteiger partial charge >= 0.3 is 6.09 Å². The summed E-state index contributed by atoms with van der Waals surface area (Å²) in [4.78, 5) is 17.1. The zero-order valence-corrected chi connectivity index (χ0v) is 14.3. The summed E-state index contributed by atoms with van der Waals surface area (Å²) < 4.78 is 5.60. The molecular weight excluding hydrogens is 278 g/mol. The first-order valence-electron chi connectivity index (χ1n) is 8.87. The summed E-state index contributed by atoms with van der Waals surface area (Å²) in [6.45, 7) is 11.4. The third kappa shape index (κ3) is 3.74. The van der Waals surface area contributed by atoms with Gasteiger partial charge in [-0.3, -0.25) is 9.80 Å². The molecule has 0 aromatic heterocycles. The van der Waals surface area contributed by atoms with Crippen LogP contribution in [0.15, 0.2) is 0 Å². The number of nitrogens with one attached hydrogen (secondary N) is 1. The van der Waals surface area contributed by atoms with Crippen molar-refractivity contribution in [3.63, 3.8) is 0 Å². The van der Waals surface area contributed by atoms with Crippen molar-refractivity contribution in [1.82, 2.24) is 15.1 Å². The fourth-order valence-corrected chi connectivity index (χ4v) is 4.18. The van der Waals surface area contributed by atoms with Crippen LogP contribution in [0.1, 0.15) is 46.5 Å². The van der Waals surface area contributed by atoms with Crippen molar-refractivity contribution in [3.8, 4) is 0 Å². The summed E-state index contributed by atoms with van der Waals surface area (Å²) in [6.07, 6.45) is 4.74. The molecule has 22 heavy (non-hydrogen) atoms. The molecule has 0 spiro atoms. The normalized spacial score (nSPS) is 30.6. The molecule has 0 aromatic rings. The van der Waals surface area contributed by atoms with Gasteiger partial charge in [0.25, 0.3) is 0 Å². The monoisotopic (exact) mass is 309 g/mol. The van der Waals surface area contributed by atoms with Crippen LogP contribution in [0.5, 0.6) is 0 Å². The van der Waals surface area contributed by atoms with Crippen molar-refractivity contribution >= 4 is 6.09 Å². The molecule has 3 saturated heterocycles. The first-order valence-corrected chi connectivity index (χ1v) is 8.87. The number of fused-ring (bicyclic) bond motifs is 2. The van der Waals surface area contributed by atoms with Crippen molar-refractivity contribution in [2.45, 2.75) is 64.1 Å². The van der Waals surface area contributed by atoms with Gasteiger partial charge in [0, 0.05) is 31.7 Å². The predicted octanol–water partition coefficient (Wildman–Crippen LogP) is 2.07. The van der Waals surface area contributed by atoms with Crippen LogP contribution in [0, 0.1) is 5.92 Å². The predicted molar refractivity (Wildman–Crippen MR) is 86.9 cm³/mol. The van der Waals surface area contributed by atoms with Gasteiger partial charge in [-0.15, -0.1) is 0 Å². The van der Waals surface area contributed by atoms with Gasteiger partial charge in [-0.1, -0.05) is 0 Å². The lowest BCUT2D eigenvalue weighted by atomic mass is 9.97. The lowest BCUT2D eigenvalue weighted by Gasteiger charge is -2.42. The molecule has 3 heterocycles. The Hall–Kier alpha value is -0.810. The van der Waals surface area contributed by atoms with Gasteiger partial charge in [0.15, 0.2) is 0 Å². The molecule has 5 nitrogen and oxygen atoms in total. The zero-order chi connectivity index (χ0) is 15.7. The van der Waals surface area contributed by atoms with Crippen LogP contribution in [-0.2, 0) is 4.74 Å². The van der Waals surface area contributed by atoms with E-state index in [0.29, 0.717) is 12.1 Å². The molecule has 0 aliphatic carbocycles. The maximum atomic E-state index is 12.4. The minimum atomic E-state index is -0.400. The Balaban J connectivity index is 1.55. The van der Waals surface area contributed by atoms with Crippen LogP contribution in [0.2, 0.25) is 0 Å². The van der Waals surface area contributed by atoms with Gasteiger partial charge < -0.3 is 10.1 Å². The van der Waals surface area contributed by atoms with Crippen molar-refractivity contribution < 1.29 is 9.53 Å². The molecule has 3 aliphatic rings. The van der Waals surface area contributed by atoms with Crippen LogP contribution < -0.4 is 5.32 Å². The number of nitrogens with zero attached hydrogens (tertiary/aromatic N) is 2. The highest BCUT2D eigenvalue weighted by molar-refractivity contribution is 5.69. The molecule has 3 fully saturated rings. The first-order chi connectivity index (χ1) is 10.4. The van der Waals surface area contributed by atoms with Gasteiger partial charge in [-0.25, -0.2) is 4.79 Å². The Labute approximate surface area is 134 Å². The van der Waals surface area contributed by atoms with E-state index in [4.69, 9.17) is 4.74 Å². The third-order valence-electron chi connectivity index (χ3n) is 5.14. The Morgan fingerprint density at radius 1 is 1.09 bits per heavy atom. The number of hydrogen-bond acceptors (Lipinski definition) is 4. The van der Waals surface area contributed by atoms with Crippen LogP contribution in [0.25, 0.3) is 0 Å². The second kappa shape index (κ2) is 6.36. The average Bonchev–Trinajstić information content (AvgIpc) is 2.70. The number of piperidine rings is 1. The van der Waals surface area contributed by atoms with Gasteiger partial charge in [0.2, 0.25) is 0 Å². The molecule has 1 N–H and O–H groups in total. The van der Waals surface area contributed by atoms with Crippen LogP contribution in [-0.4, -0.2) is 66.3 Å². The van der Waals surface area contributed by atoms with E-state index in [0.717, 1.165) is 44.9 Å². The largest absolute Gasteiger partial charge is 0.444 e. The van der Waals surface area contributed by atoms with Gasteiger partial charge in [0.1, 0.15) is 5.60 Å². The lowest BCUT2D eigenvalue weighted by molar-refractivity contribution is -0.00677. The van der Waals surface area contributed by atoms with Gasteiger partial charge in [-0.05, 0) is 65.5 Å². The quantitative estimate of drug-likeness (QED) is 0.848. The van der Waals surface area contributed by atoms with Crippen LogP contribution in [0.3, 0.4) is 0 Å². The molecule has 1 amide bonds. The highest BCUT2D eigenvalue weighted by Crippen LogP contribution is 2.32. The summed E-state index contributed by atoms with van der Waals surface area (Å²) in [6, 6.07) is 0.714. The van der Waals surface area contributed by atoms with Gasteiger partial charge in [-0.2, -0.15) is 0 Å². The highest BCUT2D eigenvalue weighted by atomic mass is 16.6. The van der Waals surface area contributed by atoms with Crippen LogP contribution in [0.4, 0.5) is 4.79 Å². The molecule has 3 rings (SSSR count). The SMILES string of the molecule is CC(C)(C)OC(=O)N1C2CCC1CN(CC1CCNCC1)C2. The summed E-state index contributed by atoms with van der Waals surface area (Å²) in [5.41, 5.74) is -0.400. The van der Waals surface area contributed by atoms with E-state index in [1.807, 2.05) is 25.7 Å². The van der Waals surface area contributed by atoms with Crippen molar-refractivity contribution in [1.29, 1.82) is 0 Å². The molecule has 0 aromatic carbocycles. The van der Waals surface area contributed by atoms with E-state index >= 15 is 0 Å². The molecule has 0 saturated carbocycles. The summed E-state index contributed by atoms with van der Waals surface area (Å²) >= 11 is 0. The highest BCUT2D eigenvalue weighted by Gasteiger charge is 2.44. The van der Waals surface area contributed by atoms with Crippen LogP contribution >= 0.6 is 0 Å². The second-order valence-electron chi connectivity index (χ2n) is 8.18. The minimum absolute atomic E-state index is 0.110. The molecule has 3 aliphatic heterocycles. The molecule has 2 bridgehead atoms. The fraction of sp³-hybridized carbons (Fsp3) is 0.941. The number of amides is 1. The standard InChI is InChI=1S/C17H31N3O2/c1-17(2,3)22-16(21)20-14-4-5-15(20)12-19(11-14)10-13-6-8-18-9-7-13/h13-15,18H,4-12H2,1-3H3. The molecular formula is C17H31N3O2. The number of carbonyl (C=O) groups is 1. The Morgan fingerprint density at radius 2 is 1.68 bits per heavy atom. The number of likely N-dealkylation sites (tertiary alicyclic amines) is 1. The maximum Gasteiger partial charge on any atom is 0.410 e. The Kier molecular flexibility index (Phi) is 4.64. The molecule has 5 heteroatoms. The number of piperazine rings is 1. The second-order valence-corrected chi connectivity index (χ2v) is 8.18. The average molecular weight is 309 g/mol. The van der Waals surface area contributed by atoms with E-state index < -0.39 is 5.60 Å². The van der Waals surface area contributed by atoms with E-state index in [-0.39, 0.29) is 6.09 Å². The van der Waals surface area contributed by atoms with Crippen molar-refractivity contribution in [3.05, 3.63) is 0 Å². The minimum Gasteiger partial charge on any atom is -0.444 e. The third-order valence-corrected chi connectivity index (χ3v) is 5.14. The Bertz CT molecular complexity index is 387. The fourth-order valence-electron chi connectivity index (χ4n) is 4.18. The lowest BCUT2D eigenvalue weighted by Crippen LogP contribution is -2.57. The molecule has 0 radical (unpaired) electrons. The molecule has 2 unspecified atom stereocenters. The maximum absolute atomic E-state index is 12.4. The smallest absolute Gasteiger partial charge is 0.410 e. The van der Waals surface area contributed by atoms with Crippen molar-refractivity contribution in [2.24, 2.45) is 5.92 Å². The topological polar surface area (TPSA) is 44.8 Å². The zero-order valence-electron chi connectivity index (χ0n) is 14.3. The van der Waals surface area contributed by atoms with Crippen molar-refractivity contribution in [2.75, 3.05) is 32.7 Å². The summed E-state index contributed by atoms with van der Waals surface area (Å²) in [5.74, 6) is 0.828. The molecule has 126 valence electrons. The van der Waals surface area contributed by atoms with E-state index in [2.05, 4.69) is 10.2 Å². The van der Waals surface area contributed by atoms with E-state index in [1.165, 1.54) is 19.4 Å². The summed E-state index contributed by atoms with van der Waals surface area (Å²) in [7, 11) is 0. The number of rotatable bonds is 2. The van der Waals surface area contributed by atoms with E-state index in [1.54, 1.807) is 0 Å². The molecule has 2 atom stereocenters.